The number of aliphatic hydroxyl groups excluding tert-OH is 2. The Hall–Kier alpha value is -2.50. The molecule has 3 rings (SSSR count). The minimum absolute atomic E-state index is 0.0933. The van der Waals surface area contributed by atoms with Gasteiger partial charge in [-0.05, 0) is 6.07 Å². The molecule has 0 spiro atoms. The largest absolute Gasteiger partial charge is 0.394 e. The third kappa shape index (κ3) is 2.30. The molecule has 3 N–H and O–H groups in total. The van der Waals surface area contributed by atoms with Gasteiger partial charge in [0.25, 0.3) is 0 Å². The summed E-state index contributed by atoms with van der Waals surface area (Å²) in [6.45, 7) is -0.284. The maximum absolute atomic E-state index is 12.7. The van der Waals surface area contributed by atoms with Crippen LogP contribution in [-0.2, 0) is 0 Å². The predicted molar refractivity (Wildman–Crippen MR) is 81.3 cm³/mol. The Balaban J connectivity index is 2.05. The number of hydrogen-bond donors (Lipinski definition) is 3. The van der Waals surface area contributed by atoms with E-state index in [-0.39, 0.29) is 24.7 Å². The summed E-state index contributed by atoms with van der Waals surface area (Å²) in [5.74, 6) is -0.400. The van der Waals surface area contributed by atoms with Gasteiger partial charge in [0.2, 0.25) is 0 Å². The zero-order valence-corrected chi connectivity index (χ0v) is 11.7. The summed E-state index contributed by atoms with van der Waals surface area (Å²) in [5, 5.41) is 21.2. The lowest BCUT2D eigenvalue weighted by molar-refractivity contribution is 0.0978. The van der Waals surface area contributed by atoms with Crippen molar-refractivity contribution in [2.24, 2.45) is 0 Å². The van der Waals surface area contributed by atoms with Crippen molar-refractivity contribution in [3.63, 3.8) is 0 Å². The summed E-state index contributed by atoms with van der Waals surface area (Å²) >= 11 is 0. The fourth-order valence-corrected chi connectivity index (χ4v) is 2.58. The molecule has 0 saturated carbocycles. The standard InChI is InChI=1S/C17H15NO4/c19-9-10(20)8-18-14-7-3-6-13-15(14)17(22)12-5-2-1-4-11(12)16(13)21/h1-7,10,18-20H,8-9H2/t10-/m0/s1. The maximum atomic E-state index is 12.7. The number of anilines is 1. The fraction of sp³-hybridized carbons (Fsp3) is 0.176. The lowest BCUT2D eigenvalue weighted by Gasteiger charge is -2.21. The van der Waals surface area contributed by atoms with Crippen LogP contribution < -0.4 is 5.32 Å². The number of carbonyl (C=O) groups excluding carboxylic acids is 2. The molecule has 0 aliphatic heterocycles. The Labute approximate surface area is 127 Å². The molecule has 0 unspecified atom stereocenters. The first kappa shape index (κ1) is 14.4. The second kappa shape index (κ2) is 5.71. The van der Waals surface area contributed by atoms with Crippen LogP contribution in [0, 0.1) is 0 Å². The van der Waals surface area contributed by atoms with E-state index in [9.17, 15) is 14.7 Å². The fourth-order valence-electron chi connectivity index (χ4n) is 2.58. The topological polar surface area (TPSA) is 86.6 Å². The second-order valence-electron chi connectivity index (χ2n) is 5.15. The zero-order valence-electron chi connectivity index (χ0n) is 11.7. The summed E-state index contributed by atoms with van der Waals surface area (Å²) in [4.78, 5) is 25.2. The van der Waals surface area contributed by atoms with Crippen LogP contribution in [0.15, 0.2) is 42.5 Å². The molecule has 0 bridgehead atoms. The lowest BCUT2D eigenvalue weighted by atomic mass is 9.83. The molecule has 0 fully saturated rings. The number of ketones is 2. The number of hydrogen-bond acceptors (Lipinski definition) is 5. The highest BCUT2D eigenvalue weighted by Crippen LogP contribution is 2.31. The minimum Gasteiger partial charge on any atom is -0.394 e. The Kier molecular flexibility index (Phi) is 3.75. The van der Waals surface area contributed by atoms with Crippen LogP contribution in [0.1, 0.15) is 31.8 Å². The van der Waals surface area contributed by atoms with Gasteiger partial charge in [0.1, 0.15) is 0 Å². The van der Waals surface area contributed by atoms with Gasteiger partial charge in [-0.3, -0.25) is 9.59 Å². The van der Waals surface area contributed by atoms with Gasteiger partial charge >= 0.3 is 0 Å². The number of benzene rings is 2. The highest BCUT2D eigenvalue weighted by atomic mass is 16.3. The molecule has 22 heavy (non-hydrogen) atoms. The first-order valence-electron chi connectivity index (χ1n) is 6.97. The molecule has 5 heteroatoms. The lowest BCUT2D eigenvalue weighted by Crippen LogP contribution is -2.26. The maximum Gasteiger partial charge on any atom is 0.196 e. The molecule has 0 amide bonds. The van der Waals surface area contributed by atoms with Crippen LogP contribution in [0.25, 0.3) is 0 Å². The van der Waals surface area contributed by atoms with Gasteiger partial charge in [-0.25, -0.2) is 0 Å². The monoisotopic (exact) mass is 297 g/mol. The van der Waals surface area contributed by atoms with Crippen LogP contribution in [0.5, 0.6) is 0 Å². The molecule has 2 aromatic carbocycles. The molecular weight excluding hydrogens is 282 g/mol. The van der Waals surface area contributed by atoms with Crippen LogP contribution in [0.3, 0.4) is 0 Å². The summed E-state index contributed by atoms with van der Waals surface area (Å²) in [6, 6.07) is 11.7. The van der Waals surface area contributed by atoms with E-state index < -0.39 is 6.10 Å². The molecule has 5 nitrogen and oxygen atoms in total. The van der Waals surface area contributed by atoms with E-state index in [0.717, 1.165) is 0 Å². The van der Waals surface area contributed by atoms with E-state index in [0.29, 0.717) is 27.9 Å². The Morgan fingerprint density at radius 2 is 1.55 bits per heavy atom. The van der Waals surface area contributed by atoms with E-state index in [4.69, 9.17) is 5.11 Å². The predicted octanol–water partition coefficient (Wildman–Crippen LogP) is 1.23. The van der Waals surface area contributed by atoms with Gasteiger partial charge in [-0.2, -0.15) is 0 Å². The zero-order chi connectivity index (χ0) is 15.7. The molecule has 0 aromatic heterocycles. The SMILES string of the molecule is O=C1c2ccccc2C(=O)c2c(NC[C@H](O)CO)cccc21. The van der Waals surface area contributed by atoms with Gasteiger partial charge in [-0.1, -0.05) is 36.4 Å². The number of nitrogens with one attached hydrogen (secondary N) is 1. The molecule has 0 saturated heterocycles. The first-order chi connectivity index (χ1) is 10.6. The van der Waals surface area contributed by atoms with Crippen LogP contribution in [0.2, 0.25) is 0 Å². The van der Waals surface area contributed by atoms with Crippen molar-refractivity contribution in [3.05, 3.63) is 64.7 Å². The summed E-state index contributed by atoms with van der Waals surface area (Å²) in [5.41, 5.74) is 1.95. The number of rotatable bonds is 4. The van der Waals surface area contributed by atoms with Gasteiger partial charge in [-0.15, -0.1) is 0 Å². The number of aliphatic hydroxyl groups is 2. The van der Waals surface area contributed by atoms with Crippen molar-refractivity contribution < 1.29 is 19.8 Å². The highest BCUT2D eigenvalue weighted by Gasteiger charge is 2.31. The normalized spacial score (nSPS) is 14.3. The summed E-state index contributed by atoms with van der Waals surface area (Å²) < 4.78 is 0. The van der Waals surface area contributed by atoms with Crippen molar-refractivity contribution >= 4 is 17.3 Å². The van der Waals surface area contributed by atoms with Crippen molar-refractivity contribution in [2.45, 2.75) is 6.10 Å². The van der Waals surface area contributed by atoms with Crippen molar-refractivity contribution in [1.29, 1.82) is 0 Å². The molecule has 1 aliphatic rings. The van der Waals surface area contributed by atoms with Crippen molar-refractivity contribution in [3.8, 4) is 0 Å². The third-order valence-electron chi connectivity index (χ3n) is 3.69. The molecule has 2 aromatic rings. The van der Waals surface area contributed by atoms with Crippen LogP contribution in [-0.4, -0.2) is 41.0 Å². The molecule has 0 radical (unpaired) electrons. The van der Waals surface area contributed by atoms with Gasteiger partial charge in [0.15, 0.2) is 11.6 Å². The quantitative estimate of drug-likeness (QED) is 0.674. The highest BCUT2D eigenvalue weighted by molar-refractivity contribution is 6.30. The van der Waals surface area contributed by atoms with Gasteiger partial charge < -0.3 is 15.5 Å². The first-order valence-corrected chi connectivity index (χ1v) is 6.97. The average molecular weight is 297 g/mol. The average Bonchev–Trinajstić information content (AvgIpc) is 2.57. The Morgan fingerprint density at radius 1 is 0.909 bits per heavy atom. The molecule has 112 valence electrons. The molecule has 1 atom stereocenters. The Bertz CT molecular complexity index is 754. The van der Waals surface area contributed by atoms with Gasteiger partial charge in [0.05, 0.1) is 18.3 Å². The number of fused-ring (bicyclic) bond motifs is 2. The summed E-state index contributed by atoms with van der Waals surface area (Å²) in [7, 11) is 0. The van der Waals surface area contributed by atoms with Gasteiger partial charge in [0, 0.05) is 28.9 Å². The molecular formula is C17H15NO4. The van der Waals surface area contributed by atoms with E-state index in [1.807, 2.05) is 0 Å². The third-order valence-corrected chi connectivity index (χ3v) is 3.69. The number of carbonyl (C=O) groups is 2. The molecule has 1 aliphatic carbocycles. The van der Waals surface area contributed by atoms with Crippen molar-refractivity contribution in [1.82, 2.24) is 0 Å². The van der Waals surface area contributed by atoms with E-state index in [2.05, 4.69) is 5.32 Å². The second-order valence-corrected chi connectivity index (χ2v) is 5.15. The Morgan fingerprint density at radius 3 is 2.23 bits per heavy atom. The molecule has 0 heterocycles. The van der Waals surface area contributed by atoms with E-state index in [1.165, 1.54) is 0 Å². The van der Waals surface area contributed by atoms with Crippen molar-refractivity contribution in [2.75, 3.05) is 18.5 Å². The van der Waals surface area contributed by atoms with Crippen LogP contribution in [0.4, 0.5) is 5.69 Å². The summed E-state index contributed by atoms with van der Waals surface area (Å²) in [6.07, 6.45) is -0.933. The van der Waals surface area contributed by atoms with Crippen LogP contribution >= 0.6 is 0 Å². The minimum atomic E-state index is -0.933. The van der Waals surface area contributed by atoms with E-state index in [1.54, 1.807) is 42.5 Å². The smallest absolute Gasteiger partial charge is 0.196 e. The van der Waals surface area contributed by atoms with E-state index >= 15 is 0 Å².